The SMILES string of the molecule is Cc1ccc(-c2nc(COc3cccc(CN4CC[C@@H]4C(=O)O)c3)c(C)o2)cc1. The Labute approximate surface area is 169 Å². The Hall–Kier alpha value is -3.12. The van der Waals surface area contributed by atoms with Crippen LogP contribution in [0.5, 0.6) is 5.75 Å². The Morgan fingerprint density at radius 3 is 2.72 bits per heavy atom. The van der Waals surface area contributed by atoms with Gasteiger partial charge >= 0.3 is 5.97 Å². The van der Waals surface area contributed by atoms with Gasteiger partial charge in [0, 0.05) is 18.7 Å². The monoisotopic (exact) mass is 392 g/mol. The van der Waals surface area contributed by atoms with Crippen LogP contribution >= 0.6 is 0 Å². The van der Waals surface area contributed by atoms with E-state index in [0.29, 0.717) is 25.5 Å². The summed E-state index contributed by atoms with van der Waals surface area (Å²) in [5.41, 5.74) is 3.92. The Morgan fingerprint density at radius 2 is 2.03 bits per heavy atom. The average Bonchev–Trinajstić information content (AvgIpc) is 3.05. The largest absolute Gasteiger partial charge is 0.487 e. The third kappa shape index (κ3) is 4.32. The van der Waals surface area contributed by atoms with Crippen molar-refractivity contribution in [1.29, 1.82) is 0 Å². The molecule has 0 bridgehead atoms. The minimum atomic E-state index is -0.755. The lowest BCUT2D eigenvalue weighted by molar-refractivity contribution is -0.148. The van der Waals surface area contributed by atoms with E-state index in [1.165, 1.54) is 5.56 Å². The number of benzene rings is 2. The van der Waals surface area contributed by atoms with Gasteiger partial charge in [-0.2, -0.15) is 0 Å². The predicted octanol–water partition coefficient (Wildman–Crippen LogP) is 4.20. The lowest BCUT2D eigenvalue weighted by Crippen LogP contribution is -2.51. The zero-order valence-electron chi connectivity index (χ0n) is 16.6. The van der Waals surface area contributed by atoms with E-state index in [0.717, 1.165) is 34.9 Å². The van der Waals surface area contributed by atoms with Crippen molar-refractivity contribution >= 4 is 5.97 Å². The highest BCUT2D eigenvalue weighted by Gasteiger charge is 2.33. The van der Waals surface area contributed by atoms with E-state index in [2.05, 4.69) is 4.98 Å². The van der Waals surface area contributed by atoms with Gasteiger partial charge in [-0.15, -0.1) is 0 Å². The van der Waals surface area contributed by atoms with Crippen LogP contribution in [0.3, 0.4) is 0 Å². The van der Waals surface area contributed by atoms with Crippen molar-refractivity contribution in [2.24, 2.45) is 0 Å². The molecule has 4 rings (SSSR count). The number of carboxylic acids is 1. The maximum absolute atomic E-state index is 11.2. The molecule has 0 unspecified atom stereocenters. The van der Waals surface area contributed by atoms with Gasteiger partial charge in [0.15, 0.2) is 0 Å². The summed E-state index contributed by atoms with van der Waals surface area (Å²) in [7, 11) is 0. The molecule has 0 radical (unpaired) electrons. The Bertz CT molecular complexity index is 1010. The number of nitrogens with zero attached hydrogens (tertiary/aromatic N) is 2. The van der Waals surface area contributed by atoms with E-state index < -0.39 is 5.97 Å². The van der Waals surface area contributed by atoms with E-state index in [1.54, 1.807) is 0 Å². The Kier molecular flexibility index (Phi) is 5.36. The lowest BCUT2D eigenvalue weighted by Gasteiger charge is -2.37. The van der Waals surface area contributed by atoms with Crippen LogP contribution in [-0.2, 0) is 17.9 Å². The zero-order valence-corrected chi connectivity index (χ0v) is 16.6. The quantitative estimate of drug-likeness (QED) is 0.650. The fourth-order valence-electron chi connectivity index (χ4n) is 3.41. The summed E-state index contributed by atoms with van der Waals surface area (Å²) >= 11 is 0. The molecule has 0 spiro atoms. The van der Waals surface area contributed by atoms with Gasteiger partial charge in [-0.25, -0.2) is 4.98 Å². The molecule has 150 valence electrons. The molecule has 1 aromatic heterocycles. The van der Waals surface area contributed by atoms with Gasteiger partial charge in [0.2, 0.25) is 5.89 Å². The summed E-state index contributed by atoms with van der Waals surface area (Å²) in [5, 5.41) is 9.19. The number of aliphatic carboxylic acids is 1. The van der Waals surface area contributed by atoms with Crippen molar-refractivity contribution < 1.29 is 19.1 Å². The second kappa shape index (κ2) is 8.09. The normalized spacial score (nSPS) is 16.4. The van der Waals surface area contributed by atoms with Gasteiger partial charge in [0.05, 0.1) is 0 Å². The standard InChI is InChI=1S/C23H24N2O4/c1-15-6-8-18(9-7-15)22-24-20(16(2)29-22)14-28-19-5-3-4-17(12-19)13-25-11-10-21(25)23(26)27/h3-9,12,21H,10-11,13-14H2,1-2H3,(H,26,27)/t21-/m1/s1. The number of rotatable bonds is 7. The summed E-state index contributed by atoms with van der Waals surface area (Å²) in [5.74, 6) is 1.30. The van der Waals surface area contributed by atoms with Crippen LogP contribution in [0.15, 0.2) is 52.9 Å². The summed E-state index contributed by atoms with van der Waals surface area (Å²) in [6, 6.07) is 15.4. The van der Waals surface area contributed by atoms with E-state index >= 15 is 0 Å². The summed E-state index contributed by atoms with van der Waals surface area (Å²) in [4.78, 5) is 17.7. The maximum atomic E-state index is 11.2. The van der Waals surface area contributed by atoms with Gasteiger partial charge in [0.1, 0.15) is 29.9 Å². The number of aryl methyl sites for hydroxylation is 2. The van der Waals surface area contributed by atoms with Crippen LogP contribution in [0.1, 0.15) is 29.0 Å². The van der Waals surface area contributed by atoms with Gasteiger partial charge in [0.25, 0.3) is 0 Å². The van der Waals surface area contributed by atoms with E-state index in [1.807, 2.05) is 67.3 Å². The van der Waals surface area contributed by atoms with E-state index in [-0.39, 0.29) is 6.04 Å². The molecule has 6 nitrogen and oxygen atoms in total. The first-order chi connectivity index (χ1) is 14.0. The molecule has 29 heavy (non-hydrogen) atoms. The summed E-state index contributed by atoms with van der Waals surface area (Å²) in [6.45, 7) is 5.65. The van der Waals surface area contributed by atoms with Crippen molar-refractivity contribution in [3.05, 3.63) is 71.1 Å². The Balaban J connectivity index is 1.40. The van der Waals surface area contributed by atoms with Crippen molar-refractivity contribution in [3.8, 4) is 17.2 Å². The van der Waals surface area contributed by atoms with Crippen LogP contribution in [0.4, 0.5) is 0 Å². The molecule has 2 heterocycles. The minimum Gasteiger partial charge on any atom is -0.487 e. The van der Waals surface area contributed by atoms with Crippen LogP contribution in [0.2, 0.25) is 0 Å². The van der Waals surface area contributed by atoms with Crippen LogP contribution < -0.4 is 4.74 Å². The number of carboxylic acid groups (broad SMARTS) is 1. The number of hydrogen-bond donors (Lipinski definition) is 1. The van der Waals surface area contributed by atoms with Gasteiger partial charge in [-0.3, -0.25) is 9.69 Å². The van der Waals surface area contributed by atoms with Crippen LogP contribution in [0.25, 0.3) is 11.5 Å². The number of likely N-dealkylation sites (tertiary alicyclic amines) is 1. The number of hydrogen-bond acceptors (Lipinski definition) is 5. The third-order valence-electron chi connectivity index (χ3n) is 5.27. The molecule has 1 saturated heterocycles. The van der Waals surface area contributed by atoms with Crippen molar-refractivity contribution in [2.45, 2.75) is 39.5 Å². The molecule has 6 heteroatoms. The van der Waals surface area contributed by atoms with E-state index in [4.69, 9.17) is 9.15 Å². The number of ether oxygens (including phenoxy) is 1. The highest BCUT2D eigenvalue weighted by Crippen LogP contribution is 2.25. The number of carbonyl (C=O) groups is 1. The molecule has 1 aliphatic heterocycles. The third-order valence-corrected chi connectivity index (χ3v) is 5.27. The molecular formula is C23H24N2O4. The summed E-state index contributed by atoms with van der Waals surface area (Å²) in [6.07, 6.45) is 0.709. The first kappa shape index (κ1) is 19.2. The fraction of sp³-hybridized carbons (Fsp3) is 0.304. The van der Waals surface area contributed by atoms with Crippen LogP contribution in [-0.4, -0.2) is 33.5 Å². The maximum Gasteiger partial charge on any atom is 0.320 e. The average molecular weight is 392 g/mol. The molecule has 1 aliphatic rings. The minimum absolute atomic E-state index is 0.312. The number of oxazole rings is 1. The van der Waals surface area contributed by atoms with Crippen molar-refractivity contribution in [3.63, 3.8) is 0 Å². The summed E-state index contributed by atoms with van der Waals surface area (Å²) < 4.78 is 11.7. The molecule has 1 N–H and O–H groups in total. The van der Waals surface area contributed by atoms with Crippen LogP contribution in [0, 0.1) is 13.8 Å². The molecule has 1 atom stereocenters. The second-order valence-corrected chi connectivity index (χ2v) is 7.44. The van der Waals surface area contributed by atoms with Gasteiger partial charge < -0.3 is 14.3 Å². The Morgan fingerprint density at radius 1 is 1.24 bits per heavy atom. The molecule has 0 saturated carbocycles. The highest BCUT2D eigenvalue weighted by molar-refractivity contribution is 5.74. The first-order valence-corrected chi connectivity index (χ1v) is 9.71. The van der Waals surface area contributed by atoms with Gasteiger partial charge in [-0.05, 0) is 50.1 Å². The molecule has 0 amide bonds. The van der Waals surface area contributed by atoms with Gasteiger partial charge in [-0.1, -0.05) is 29.8 Å². The molecule has 3 aromatic rings. The smallest absolute Gasteiger partial charge is 0.320 e. The molecule has 0 aliphatic carbocycles. The second-order valence-electron chi connectivity index (χ2n) is 7.44. The van der Waals surface area contributed by atoms with Crippen molar-refractivity contribution in [2.75, 3.05) is 6.54 Å². The predicted molar refractivity (Wildman–Crippen MR) is 109 cm³/mol. The molecule has 1 fully saturated rings. The fourth-order valence-corrected chi connectivity index (χ4v) is 3.41. The highest BCUT2D eigenvalue weighted by atomic mass is 16.5. The number of aromatic nitrogens is 1. The molecule has 2 aromatic carbocycles. The lowest BCUT2D eigenvalue weighted by atomic mass is 10.0. The van der Waals surface area contributed by atoms with Crippen molar-refractivity contribution in [1.82, 2.24) is 9.88 Å². The first-order valence-electron chi connectivity index (χ1n) is 9.71. The van der Waals surface area contributed by atoms with E-state index in [9.17, 15) is 9.90 Å². The zero-order chi connectivity index (χ0) is 20.4. The topological polar surface area (TPSA) is 75.8 Å². The molecular weight excluding hydrogens is 368 g/mol.